The Balaban J connectivity index is 2.18. The zero-order valence-electron chi connectivity index (χ0n) is 10.00. The molecule has 2 nitrogen and oxygen atoms in total. The van der Waals surface area contributed by atoms with Gasteiger partial charge in [-0.1, -0.05) is 24.1 Å². The fourth-order valence-corrected chi connectivity index (χ4v) is 2.42. The molecule has 1 atom stereocenters. The molecular weight excluding hydrogens is 239 g/mol. The van der Waals surface area contributed by atoms with Crippen molar-refractivity contribution in [2.75, 3.05) is 13.6 Å². The van der Waals surface area contributed by atoms with Crippen LogP contribution in [0.3, 0.4) is 0 Å². The first-order valence-corrected chi connectivity index (χ1v) is 6.38. The summed E-state index contributed by atoms with van der Waals surface area (Å²) in [5, 5.41) is 0.163. The van der Waals surface area contributed by atoms with Crippen LogP contribution in [-0.2, 0) is 0 Å². The Hall–Kier alpha value is -0.640. The molecule has 0 aliphatic heterocycles. The fraction of sp³-hybridized carbons (Fsp3) is 0.538. The minimum absolute atomic E-state index is 0.0760. The lowest BCUT2D eigenvalue weighted by Gasteiger charge is -2.39. The van der Waals surface area contributed by atoms with E-state index in [1.54, 1.807) is 6.07 Å². The third-order valence-corrected chi connectivity index (χ3v) is 4.00. The van der Waals surface area contributed by atoms with E-state index in [1.807, 2.05) is 6.07 Å². The van der Waals surface area contributed by atoms with Crippen molar-refractivity contribution < 1.29 is 4.39 Å². The summed E-state index contributed by atoms with van der Waals surface area (Å²) in [6.45, 7) is 0.494. The number of hydrogen-bond donors (Lipinski definition) is 1. The van der Waals surface area contributed by atoms with Crippen LogP contribution in [-0.4, -0.2) is 24.5 Å². The van der Waals surface area contributed by atoms with E-state index in [4.69, 9.17) is 17.3 Å². The molecule has 1 aromatic rings. The van der Waals surface area contributed by atoms with Crippen molar-refractivity contribution in [3.63, 3.8) is 0 Å². The summed E-state index contributed by atoms with van der Waals surface area (Å²) in [5.41, 5.74) is 6.72. The number of halogens is 2. The van der Waals surface area contributed by atoms with Crippen molar-refractivity contribution in [1.82, 2.24) is 4.90 Å². The Labute approximate surface area is 107 Å². The number of nitrogens with zero attached hydrogens (tertiary/aromatic N) is 1. The van der Waals surface area contributed by atoms with Gasteiger partial charge in [-0.3, -0.25) is 4.90 Å². The molecule has 17 heavy (non-hydrogen) atoms. The fourth-order valence-electron chi connectivity index (χ4n) is 2.31. The summed E-state index contributed by atoms with van der Waals surface area (Å²) < 4.78 is 13.4. The van der Waals surface area contributed by atoms with Gasteiger partial charge in [-0.15, -0.1) is 0 Å². The highest BCUT2D eigenvalue weighted by Crippen LogP contribution is 2.31. The van der Waals surface area contributed by atoms with Gasteiger partial charge in [0.25, 0.3) is 0 Å². The van der Waals surface area contributed by atoms with Crippen LogP contribution in [0.5, 0.6) is 0 Å². The van der Waals surface area contributed by atoms with Crippen LogP contribution in [0.4, 0.5) is 4.39 Å². The Morgan fingerprint density at radius 2 is 2.24 bits per heavy atom. The van der Waals surface area contributed by atoms with Gasteiger partial charge in [0.05, 0.1) is 5.02 Å². The molecule has 4 heteroatoms. The first kappa shape index (κ1) is 12.8. The molecule has 0 spiro atoms. The first-order chi connectivity index (χ1) is 8.13. The van der Waals surface area contributed by atoms with Gasteiger partial charge in [-0.25, -0.2) is 4.39 Å². The number of benzene rings is 1. The van der Waals surface area contributed by atoms with E-state index in [9.17, 15) is 4.39 Å². The number of rotatable bonds is 4. The second-order valence-corrected chi connectivity index (χ2v) is 5.08. The van der Waals surface area contributed by atoms with Crippen molar-refractivity contribution in [3.8, 4) is 0 Å². The van der Waals surface area contributed by atoms with Crippen molar-refractivity contribution >= 4 is 11.6 Å². The lowest BCUT2D eigenvalue weighted by molar-refractivity contribution is 0.113. The predicted molar refractivity (Wildman–Crippen MR) is 68.6 cm³/mol. The van der Waals surface area contributed by atoms with Crippen LogP contribution in [0.15, 0.2) is 18.2 Å². The molecule has 1 aliphatic carbocycles. The third-order valence-electron chi connectivity index (χ3n) is 3.69. The average molecular weight is 257 g/mol. The van der Waals surface area contributed by atoms with Crippen LogP contribution in [0.25, 0.3) is 0 Å². The van der Waals surface area contributed by atoms with E-state index >= 15 is 0 Å². The van der Waals surface area contributed by atoms with E-state index in [1.165, 1.54) is 25.3 Å². The van der Waals surface area contributed by atoms with Gasteiger partial charge >= 0.3 is 0 Å². The van der Waals surface area contributed by atoms with Gasteiger partial charge in [-0.2, -0.15) is 0 Å². The zero-order valence-corrected chi connectivity index (χ0v) is 10.8. The first-order valence-electron chi connectivity index (χ1n) is 6.00. The molecule has 0 bridgehead atoms. The number of hydrogen-bond acceptors (Lipinski definition) is 2. The van der Waals surface area contributed by atoms with Crippen LogP contribution in [0.2, 0.25) is 5.02 Å². The molecule has 94 valence electrons. The molecule has 1 aliphatic rings. The number of nitrogens with two attached hydrogens (primary N) is 1. The van der Waals surface area contributed by atoms with E-state index in [0.717, 1.165) is 5.56 Å². The van der Waals surface area contributed by atoms with Gasteiger partial charge in [0.2, 0.25) is 0 Å². The number of likely N-dealkylation sites (N-methyl/N-ethyl adjacent to an activating group) is 1. The Morgan fingerprint density at radius 3 is 2.71 bits per heavy atom. The minimum atomic E-state index is -0.371. The van der Waals surface area contributed by atoms with Crippen LogP contribution in [0, 0.1) is 5.82 Å². The molecular formula is C13H18ClFN2. The Kier molecular flexibility index (Phi) is 4.02. The molecule has 0 saturated heterocycles. The third kappa shape index (κ3) is 2.62. The van der Waals surface area contributed by atoms with E-state index in [2.05, 4.69) is 11.9 Å². The highest BCUT2D eigenvalue weighted by atomic mass is 35.5. The largest absolute Gasteiger partial charge is 0.329 e. The summed E-state index contributed by atoms with van der Waals surface area (Å²) in [4.78, 5) is 2.26. The predicted octanol–water partition coefficient (Wildman–Crippen LogP) is 2.96. The topological polar surface area (TPSA) is 29.3 Å². The van der Waals surface area contributed by atoms with Crippen molar-refractivity contribution in [2.24, 2.45) is 5.73 Å². The highest BCUT2D eigenvalue weighted by Gasteiger charge is 2.27. The van der Waals surface area contributed by atoms with Gasteiger partial charge in [0.15, 0.2) is 0 Å². The van der Waals surface area contributed by atoms with Gasteiger partial charge < -0.3 is 5.73 Å². The summed E-state index contributed by atoms with van der Waals surface area (Å²) in [6, 6.07) is 5.62. The minimum Gasteiger partial charge on any atom is -0.329 e. The van der Waals surface area contributed by atoms with E-state index in [0.29, 0.717) is 12.6 Å². The molecule has 1 unspecified atom stereocenters. The van der Waals surface area contributed by atoms with E-state index in [-0.39, 0.29) is 16.9 Å². The molecule has 0 heterocycles. The smallest absolute Gasteiger partial charge is 0.142 e. The van der Waals surface area contributed by atoms with Crippen molar-refractivity contribution in [1.29, 1.82) is 0 Å². The maximum absolute atomic E-state index is 13.4. The quantitative estimate of drug-likeness (QED) is 0.898. The molecule has 2 N–H and O–H groups in total. The second kappa shape index (κ2) is 5.34. The van der Waals surface area contributed by atoms with Crippen LogP contribution < -0.4 is 5.73 Å². The van der Waals surface area contributed by atoms with Gasteiger partial charge in [-0.05, 0) is 37.6 Å². The van der Waals surface area contributed by atoms with Gasteiger partial charge in [0, 0.05) is 18.6 Å². The molecule has 1 saturated carbocycles. The summed E-state index contributed by atoms with van der Waals surface area (Å²) in [6.07, 6.45) is 3.70. The van der Waals surface area contributed by atoms with Crippen molar-refractivity contribution in [3.05, 3.63) is 34.6 Å². The Morgan fingerprint density at radius 1 is 1.53 bits per heavy atom. The lowest BCUT2D eigenvalue weighted by atomic mass is 9.89. The maximum atomic E-state index is 13.4. The monoisotopic (exact) mass is 256 g/mol. The Bertz CT molecular complexity index is 393. The normalized spacial score (nSPS) is 18.2. The van der Waals surface area contributed by atoms with Crippen LogP contribution >= 0.6 is 11.6 Å². The summed E-state index contributed by atoms with van der Waals surface area (Å²) in [5.74, 6) is -0.371. The standard InChI is InChI=1S/C13H18ClFN2/c1-17(10-3-2-4-10)13(8-16)9-5-6-11(14)12(15)7-9/h5-7,10,13H,2-4,8,16H2,1H3. The zero-order chi connectivity index (χ0) is 12.4. The van der Waals surface area contributed by atoms with E-state index < -0.39 is 0 Å². The summed E-state index contributed by atoms with van der Waals surface area (Å²) in [7, 11) is 2.06. The molecule has 0 radical (unpaired) electrons. The van der Waals surface area contributed by atoms with Crippen molar-refractivity contribution in [2.45, 2.75) is 31.3 Å². The second-order valence-electron chi connectivity index (χ2n) is 4.68. The molecule has 0 amide bonds. The van der Waals surface area contributed by atoms with Gasteiger partial charge in [0.1, 0.15) is 5.82 Å². The molecule has 1 fully saturated rings. The maximum Gasteiger partial charge on any atom is 0.142 e. The highest BCUT2D eigenvalue weighted by molar-refractivity contribution is 6.30. The lowest BCUT2D eigenvalue weighted by Crippen LogP contribution is -2.42. The average Bonchev–Trinajstić information content (AvgIpc) is 2.22. The summed E-state index contributed by atoms with van der Waals surface area (Å²) >= 11 is 5.69. The molecule has 2 rings (SSSR count). The molecule has 0 aromatic heterocycles. The van der Waals surface area contributed by atoms with Crippen LogP contribution in [0.1, 0.15) is 30.9 Å². The SMILES string of the molecule is CN(C1CCC1)C(CN)c1ccc(Cl)c(F)c1. The molecule has 1 aromatic carbocycles.